The number of nitrogens with one attached hydrogen (secondary N) is 2. The quantitative estimate of drug-likeness (QED) is 0.751. The molecule has 0 aliphatic heterocycles. The molecule has 2 rings (SSSR count). The van der Waals surface area contributed by atoms with Crippen LogP contribution in [0.25, 0.3) is 0 Å². The van der Waals surface area contributed by atoms with Gasteiger partial charge >= 0.3 is 0 Å². The third-order valence-corrected chi connectivity index (χ3v) is 4.17. The van der Waals surface area contributed by atoms with Crippen molar-refractivity contribution in [3.63, 3.8) is 0 Å². The average molecular weight is 368 g/mol. The average Bonchev–Trinajstić information content (AvgIpc) is 2.62. The summed E-state index contributed by atoms with van der Waals surface area (Å²) in [5, 5.41) is 5.61. The van der Waals surface area contributed by atoms with Crippen molar-refractivity contribution >= 4 is 28.9 Å². The predicted molar refractivity (Wildman–Crippen MR) is 111 cm³/mol. The minimum absolute atomic E-state index is 0.0635. The van der Waals surface area contributed by atoms with Crippen molar-refractivity contribution in [2.45, 2.75) is 20.4 Å². The lowest BCUT2D eigenvalue weighted by Crippen LogP contribution is -2.33. The van der Waals surface area contributed by atoms with E-state index in [2.05, 4.69) is 32.6 Å². The number of hydrogen-bond acceptors (Lipinski definition) is 4. The normalized spacial score (nSPS) is 10.6. The molecule has 0 bridgehead atoms. The Morgan fingerprint density at radius 2 is 1.52 bits per heavy atom. The molecule has 144 valence electrons. The Morgan fingerprint density at radius 1 is 0.926 bits per heavy atom. The summed E-state index contributed by atoms with van der Waals surface area (Å²) in [5.74, 6) is -0.185. The number of para-hydroxylation sites is 1. The van der Waals surface area contributed by atoms with E-state index in [4.69, 9.17) is 0 Å². The Labute approximate surface area is 161 Å². The van der Waals surface area contributed by atoms with E-state index in [0.717, 1.165) is 12.2 Å². The summed E-state index contributed by atoms with van der Waals surface area (Å²) in [6.45, 7) is 5.30. The number of rotatable bonds is 8. The van der Waals surface area contributed by atoms with Crippen LogP contribution in [0.1, 0.15) is 19.4 Å². The second-order valence-electron chi connectivity index (χ2n) is 6.63. The van der Waals surface area contributed by atoms with Crippen LogP contribution in [0.3, 0.4) is 0 Å². The Hall–Kier alpha value is -2.86. The first-order valence-corrected chi connectivity index (χ1v) is 9.04. The summed E-state index contributed by atoms with van der Waals surface area (Å²) >= 11 is 0. The zero-order valence-corrected chi connectivity index (χ0v) is 16.5. The molecule has 0 radical (unpaired) electrons. The van der Waals surface area contributed by atoms with Crippen LogP contribution in [0.4, 0.5) is 17.1 Å². The van der Waals surface area contributed by atoms with E-state index in [0.29, 0.717) is 24.5 Å². The van der Waals surface area contributed by atoms with Gasteiger partial charge in [-0.1, -0.05) is 25.1 Å². The molecule has 2 aromatic rings. The van der Waals surface area contributed by atoms with Crippen molar-refractivity contribution in [3.05, 3.63) is 54.1 Å². The fourth-order valence-electron chi connectivity index (χ4n) is 2.84. The topological polar surface area (TPSA) is 64.7 Å². The molecule has 0 aromatic heterocycles. The molecule has 0 saturated carbocycles. The van der Waals surface area contributed by atoms with Crippen molar-refractivity contribution < 1.29 is 9.59 Å². The lowest BCUT2D eigenvalue weighted by molar-refractivity contribution is -0.117. The van der Waals surface area contributed by atoms with Crippen LogP contribution in [0.2, 0.25) is 0 Å². The molecule has 2 N–H and O–H groups in total. The van der Waals surface area contributed by atoms with Crippen LogP contribution in [0.15, 0.2) is 48.5 Å². The number of anilines is 3. The second kappa shape index (κ2) is 9.73. The van der Waals surface area contributed by atoms with E-state index in [1.54, 1.807) is 24.3 Å². The number of likely N-dealkylation sites (N-methyl/N-ethyl adjacent to an activating group) is 1. The van der Waals surface area contributed by atoms with E-state index in [-0.39, 0.29) is 11.8 Å². The highest BCUT2D eigenvalue weighted by molar-refractivity contribution is 5.93. The molecule has 0 spiro atoms. The summed E-state index contributed by atoms with van der Waals surface area (Å²) in [4.78, 5) is 27.7. The third kappa shape index (κ3) is 6.42. The van der Waals surface area contributed by atoms with Crippen LogP contribution >= 0.6 is 0 Å². The van der Waals surface area contributed by atoms with Gasteiger partial charge in [0.05, 0.1) is 6.54 Å². The van der Waals surface area contributed by atoms with Gasteiger partial charge < -0.3 is 15.5 Å². The number of amides is 2. The third-order valence-electron chi connectivity index (χ3n) is 4.17. The number of carbonyl (C=O) groups is 2. The lowest BCUT2D eigenvalue weighted by Gasteiger charge is -2.24. The van der Waals surface area contributed by atoms with Crippen molar-refractivity contribution in [3.8, 4) is 0 Å². The van der Waals surface area contributed by atoms with E-state index < -0.39 is 0 Å². The highest BCUT2D eigenvalue weighted by Crippen LogP contribution is 2.20. The number of hydrogen-bond donors (Lipinski definition) is 2. The maximum atomic E-state index is 12.4. The Kier molecular flexibility index (Phi) is 7.37. The molecule has 0 saturated heterocycles. The predicted octanol–water partition coefficient (Wildman–Crippen LogP) is 3.17. The van der Waals surface area contributed by atoms with Gasteiger partial charge in [0.2, 0.25) is 11.8 Å². The van der Waals surface area contributed by atoms with Gasteiger partial charge in [-0.25, -0.2) is 0 Å². The van der Waals surface area contributed by atoms with E-state index in [1.165, 1.54) is 12.5 Å². The molecule has 2 aromatic carbocycles. The number of carbonyl (C=O) groups excluding carboxylic acids is 2. The lowest BCUT2D eigenvalue weighted by atomic mass is 10.1. The Bertz CT molecular complexity index is 772. The van der Waals surface area contributed by atoms with E-state index >= 15 is 0 Å². The fraction of sp³-hybridized carbons (Fsp3) is 0.333. The van der Waals surface area contributed by atoms with Crippen molar-refractivity contribution in [1.29, 1.82) is 0 Å². The molecule has 0 heterocycles. The molecule has 0 fully saturated rings. The van der Waals surface area contributed by atoms with Gasteiger partial charge in [0.1, 0.15) is 0 Å². The standard InChI is InChI=1S/C21H28N4O2/c1-5-25(14-17-8-6-7-9-20(17)24(3)4)15-21(27)23-19-12-10-18(11-13-19)22-16(2)26/h6-13H,5,14-15H2,1-4H3,(H,22,26)(H,23,27). The van der Waals surface area contributed by atoms with Crippen LogP contribution in [-0.2, 0) is 16.1 Å². The molecule has 0 aliphatic rings. The van der Waals surface area contributed by atoms with Gasteiger partial charge in [-0.05, 0) is 42.4 Å². The highest BCUT2D eigenvalue weighted by Gasteiger charge is 2.13. The van der Waals surface area contributed by atoms with Crippen molar-refractivity contribution in [2.75, 3.05) is 42.7 Å². The number of benzene rings is 2. The summed E-state index contributed by atoms with van der Waals surface area (Å²) in [6.07, 6.45) is 0. The van der Waals surface area contributed by atoms with Crippen molar-refractivity contribution in [2.24, 2.45) is 0 Å². The minimum atomic E-state index is -0.122. The zero-order valence-electron chi connectivity index (χ0n) is 16.5. The Balaban J connectivity index is 1.96. The molecule has 0 atom stereocenters. The van der Waals surface area contributed by atoms with Crippen LogP contribution < -0.4 is 15.5 Å². The largest absolute Gasteiger partial charge is 0.377 e. The molecular weight excluding hydrogens is 340 g/mol. The molecule has 0 aliphatic carbocycles. The molecule has 6 heteroatoms. The molecule has 27 heavy (non-hydrogen) atoms. The maximum absolute atomic E-state index is 12.4. The first-order chi connectivity index (χ1) is 12.9. The molecule has 0 unspecified atom stereocenters. The monoisotopic (exact) mass is 368 g/mol. The first kappa shape index (κ1) is 20.5. The SMILES string of the molecule is CCN(CC(=O)Nc1ccc(NC(C)=O)cc1)Cc1ccccc1N(C)C. The Morgan fingerprint density at radius 3 is 2.07 bits per heavy atom. The van der Waals surface area contributed by atoms with Crippen LogP contribution in [0, 0.1) is 0 Å². The summed E-state index contributed by atoms with van der Waals surface area (Å²) in [5.41, 5.74) is 3.76. The summed E-state index contributed by atoms with van der Waals surface area (Å²) in [6, 6.07) is 15.3. The minimum Gasteiger partial charge on any atom is -0.377 e. The van der Waals surface area contributed by atoms with Crippen LogP contribution in [0.5, 0.6) is 0 Å². The van der Waals surface area contributed by atoms with Crippen LogP contribution in [-0.4, -0.2) is 43.9 Å². The molecule has 2 amide bonds. The van der Waals surface area contributed by atoms with Gasteiger partial charge in [-0.15, -0.1) is 0 Å². The van der Waals surface area contributed by atoms with Gasteiger partial charge in [-0.3, -0.25) is 14.5 Å². The van der Waals surface area contributed by atoms with E-state index in [1.807, 2.05) is 33.2 Å². The second-order valence-corrected chi connectivity index (χ2v) is 6.63. The maximum Gasteiger partial charge on any atom is 0.238 e. The highest BCUT2D eigenvalue weighted by atomic mass is 16.2. The molecular formula is C21H28N4O2. The van der Waals surface area contributed by atoms with Crippen molar-refractivity contribution in [1.82, 2.24) is 4.90 Å². The van der Waals surface area contributed by atoms with Gasteiger partial charge in [0, 0.05) is 44.6 Å². The summed E-state index contributed by atoms with van der Waals surface area (Å²) in [7, 11) is 4.04. The van der Waals surface area contributed by atoms with Gasteiger partial charge in [0.25, 0.3) is 0 Å². The molecule has 6 nitrogen and oxygen atoms in total. The zero-order chi connectivity index (χ0) is 19.8. The first-order valence-electron chi connectivity index (χ1n) is 9.04. The van der Waals surface area contributed by atoms with Gasteiger partial charge in [0.15, 0.2) is 0 Å². The van der Waals surface area contributed by atoms with E-state index in [9.17, 15) is 9.59 Å². The van der Waals surface area contributed by atoms with Gasteiger partial charge in [-0.2, -0.15) is 0 Å². The fourth-order valence-corrected chi connectivity index (χ4v) is 2.84. The summed E-state index contributed by atoms with van der Waals surface area (Å²) < 4.78 is 0. The number of nitrogens with zero attached hydrogens (tertiary/aromatic N) is 2. The smallest absolute Gasteiger partial charge is 0.238 e.